The molecule has 0 saturated heterocycles. The number of hydrogen-bond acceptors (Lipinski definition) is 7. The molecule has 2 aromatic rings. The van der Waals surface area contributed by atoms with E-state index in [-0.39, 0.29) is 17.1 Å². The van der Waals surface area contributed by atoms with Crippen LogP contribution in [0.1, 0.15) is 11.1 Å². The second-order valence-electron chi connectivity index (χ2n) is 5.54. The summed E-state index contributed by atoms with van der Waals surface area (Å²) in [6, 6.07) is 10.3. The van der Waals surface area contributed by atoms with Crippen LogP contribution < -0.4 is 10.2 Å². The van der Waals surface area contributed by atoms with Crippen molar-refractivity contribution in [3.63, 3.8) is 0 Å². The van der Waals surface area contributed by atoms with Gasteiger partial charge in [-0.25, -0.2) is 5.43 Å². The molecule has 0 spiro atoms. The maximum Gasteiger partial charge on any atom is 0.311 e. The summed E-state index contributed by atoms with van der Waals surface area (Å²) in [5.74, 6) is -0.595. The van der Waals surface area contributed by atoms with E-state index in [4.69, 9.17) is 4.74 Å². The quantitative estimate of drug-likeness (QED) is 0.422. The number of carbonyl (C=O) groups excluding carboxylic acids is 1. The van der Waals surface area contributed by atoms with E-state index in [0.29, 0.717) is 5.56 Å². The van der Waals surface area contributed by atoms with Crippen LogP contribution in [0.25, 0.3) is 6.08 Å². The van der Waals surface area contributed by atoms with E-state index >= 15 is 0 Å². The molecule has 144 valence electrons. The monoisotopic (exact) mass is 384 g/mol. The van der Waals surface area contributed by atoms with E-state index in [1.165, 1.54) is 36.6 Å². The topological polar surface area (TPSA) is 137 Å². The lowest BCUT2D eigenvalue weighted by Crippen LogP contribution is -2.24. The molecular weight excluding hydrogens is 368 g/mol. The van der Waals surface area contributed by atoms with Crippen molar-refractivity contribution in [2.24, 2.45) is 5.10 Å². The van der Waals surface area contributed by atoms with Crippen molar-refractivity contribution in [2.45, 2.75) is 6.92 Å². The van der Waals surface area contributed by atoms with E-state index in [1.807, 2.05) is 0 Å². The highest BCUT2D eigenvalue weighted by molar-refractivity contribution is 5.82. The van der Waals surface area contributed by atoms with Crippen LogP contribution in [0.15, 0.2) is 53.6 Å². The highest BCUT2D eigenvalue weighted by Crippen LogP contribution is 2.27. The first-order valence-electron chi connectivity index (χ1n) is 7.97. The standard InChI is InChI=1S/C18H16N4O6/c1-13-4-9-17(16(11-13)22(26)27)28-12-18(23)20-19-10-2-3-14-5-7-15(8-6-14)21(24)25/h2-11H,12H2,1H3,(H,20,23)/b3-2+,19-10+. The molecule has 0 bridgehead atoms. The van der Waals surface area contributed by atoms with Gasteiger partial charge in [-0.1, -0.05) is 12.1 Å². The van der Waals surface area contributed by atoms with Crippen molar-refractivity contribution in [3.05, 3.63) is 79.9 Å². The van der Waals surface area contributed by atoms with Crippen LogP contribution in [0.3, 0.4) is 0 Å². The highest BCUT2D eigenvalue weighted by atomic mass is 16.6. The van der Waals surface area contributed by atoms with Gasteiger partial charge < -0.3 is 4.74 Å². The Balaban J connectivity index is 1.82. The number of carbonyl (C=O) groups is 1. The zero-order valence-electron chi connectivity index (χ0n) is 14.8. The third kappa shape index (κ3) is 6.02. The van der Waals surface area contributed by atoms with Crippen LogP contribution in [0.2, 0.25) is 0 Å². The number of aryl methyl sites for hydroxylation is 1. The average Bonchev–Trinajstić information content (AvgIpc) is 2.67. The number of non-ortho nitro benzene ring substituents is 1. The van der Waals surface area contributed by atoms with E-state index in [9.17, 15) is 25.0 Å². The number of rotatable bonds is 8. The molecule has 0 aliphatic heterocycles. The number of hydrogen-bond donors (Lipinski definition) is 1. The van der Waals surface area contributed by atoms with Gasteiger partial charge in [0.2, 0.25) is 0 Å². The summed E-state index contributed by atoms with van der Waals surface area (Å²) < 4.78 is 5.17. The van der Waals surface area contributed by atoms with Crippen molar-refractivity contribution < 1.29 is 19.4 Å². The first-order valence-corrected chi connectivity index (χ1v) is 7.97. The predicted molar refractivity (Wildman–Crippen MR) is 102 cm³/mol. The summed E-state index contributed by atoms with van der Waals surface area (Å²) in [5, 5.41) is 25.2. The van der Waals surface area contributed by atoms with Crippen molar-refractivity contribution in [1.29, 1.82) is 0 Å². The number of nitrogens with one attached hydrogen (secondary N) is 1. The average molecular weight is 384 g/mol. The van der Waals surface area contributed by atoms with Crippen molar-refractivity contribution >= 4 is 29.6 Å². The summed E-state index contributed by atoms with van der Waals surface area (Å²) in [4.78, 5) is 32.2. The summed E-state index contributed by atoms with van der Waals surface area (Å²) in [6.45, 7) is 1.27. The number of nitro benzene ring substituents is 2. The van der Waals surface area contributed by atoms with Gasteiger partial charge in [0.05, 0.1) is 9.85 Å². The van der Waals surface area contributed by atoms with Crippen LogP contribution in [-0.2, 0) is 4.79 Å². The molecule has 10 heteroatoms. The van der Waals surface area contributed by atoms with Gasteiger partial charge in [-0.3, -0.25) is 25.0 Å². The number of benzene rings is 2. The van der Waals surface area contributed by atoms with Gasteiger partial charge in [-0.2, -0.15) is 5.10 Å². The Kier molecular flexibility index (Phi) is 6.92. The molecule has 2 aromatic carbocycles. The number of ether oxygens (including phenoxy) is 1. The minimum Gasteiger partial charge on any atom is -0.477 e. The van der Waals surface area contributed by atoms with Gasteiger partial charge in [0.1, 0.15) is 0 Å². The molecule has 0 aliphatic rings. The van der Waals surface area contributed by atoms with E-state index in [2.05, 4.69) is 10.5 Å². The second kappa shape index (κ2) is 9.57. The van der Waals surface area contributed by atoms with E-state index in [0.717, 1.165) is 5.56 Å². The smallest absolute Gasteiger partial charge is 0.311 e. The first kappa shape index (κ1) is 20.2. The second-order valence-corrected chi connectivity index (χ2v) is 5.54. The number of hydrazone groups is 1. The maximum absolute atomic E-state index is 11.7. The summed E-state index contributed by atoms with van der Waals surface area (Å²) in [7, 11) is 0. The number of nitrogens with zero attached hydrogens (tertiary/aromatic N) is 3. The minimum absolute atomic E-state index is 0.00667. The third-order valence-corrected chi connectivity index (χ3v) is 3.41. The Labute approximate surface area is 159 Å². The first-order chi connectivity index (χ1) is 13.4. The van der Waals surface area contributed by atoms with Gasteiger partial charge in [0.15, 0.2) is 12.4 Å². The molecule has 0 unspecified atom stereocenters. The Morgan fingerprint density at radius 3 is 2.50 bits per heavy atom. The molecule has 0 heterocycles. The van der Waals surface area contributed by atoms with E-state index < -0.39 is 22.4 Å². The van der Waals surface area contributed by atoms with Crippen LogP contribution in [-0.4, -0.2) is 28.6 Å². The summed E-state index contributed by atoms with van der Waals surface area (Å²) >= 11 is 0. The normalized spacial score (nSPS) is 10.9. The lowest BCUT2D eigenvalue weighted by Gasteiger charge is -2.06. The fourth-order valence-electron chi connectivity index (χ4n) is 2.08. The lowest BCUT2D eigenvalue weighted by atomic mass is 10.2. The lowest BCUT2D eigenvalue weighted by molar-refractivity contribution is -0.385. The molecule has 0 saturated carbocycles. The third-order valence-electron chi connectivity index (χ3n) is 3.41. The van der Waals surface area contributed by atoms with Gasteiger partial charge in [0, 0.05) is 24.4 Å². The zero-order valence-corrected chi connectivity index (χ0v) is 14.8. The Morgan fingerprint density at radius 1 is 1.14 bits per heavy atom. The van der Waals surface area contributed by atoms with Crippen molar-refractivity contribution in [2.75, 3.05) is 6.61 Å². The molecule has 0 aliphatic carbocycles. The van der Waals surface area contributed by atoms with Gasteiger partial charge in [0.25, 0.3) is 11.6 Å². The Morgan fingerprint density at radius 2 is 1.86 bits per heavy atom. The Hall–Kier alpha value is -4.08. The van der Waals surface area contributed by atoms with Crippen molar-refractivity contribution in [3.8, 4) is 5.75 Å². The molecule has 1 N–H and O–H groups in total. The van der Waals surface area contributed by atoms with Crippen LogP contribution >= 0.6 is 0 Å². The van der Waals surface area contributed by atoms with Crippen LogP contribution in [0, 0.1) is 27.2 Å². The predicted octanol–water partition coefficient (Wildman–Crippen LogP) is 3.01. The maximum atomic E-state index is 11.7. The molecule has 0 aromatic heterocycles. The largest absolute Gasteiger partial charge is 0.477 e. The van der Waals surface area contributed by atoms with Gasteiger partial charge in [-0.15, -0.1) is 0 Å². The number of amides is 1. The molecule has 10 nitrogen and oxygen atoms in total. The minimum atomic E-state index is -0.588. The summed E-state index contributed by atoms with van der Waals surface area (Å²) in [5.41, 5.74) is 3.41. The fraction of sp³-hybridized carbons (Fsp3) is 0.111. The highest BCUT2D eigenvalue weighted by Gasteiger charge is 2.16. The number of allylic oxidation sites excluding steroid dienone is 1. The molecule has 2 rings (SSSR count). The molecule has 0 fully saturated rings. The molecule has 1 amide bonds. The number of nitro groups is 2. The summed E-state index contributed by atoms with van der Waals surface area (Å²) in [6.07, 6.45) is 4.49. The molecule has 0 radical (unpaired) electrons. The molecule has 28 heavy (non-hydrogen) atoms. The molecule has 0 atom stereocenters. The Bertz CT molecular complexity index is 938. The van der Waals surface area contributed by atoms with Crippen molar-refractivity contribution in [1.82, 2.24) is 5.43 Å². The SMILES string of the molecule is Cc1ccc(OCC(=O)N/N=C/C=C/c2ccc([N+](=O)[O-])cc2)c([N+](=O)[O-])c1. The fourth-order valence-corrected chi connectivity index (χ4v) is 2.08. The zero-order chi connectivity index (χ0) is 20.5. The van der Waals surface area contributed by atoms with E-state index in [1.54, 1.807) is 31.2 Å². The van der Waals surface area contributed by atoms with Crippen LogP contribution in [0.4, 0.5) is 11.4 Å². The van der Waals surface area contributed by atoms with Gasteiger partial charge in [-0.05, 0) is 42.3 Å². The van der Waals surface area contributed by atoms with Crippen LogP contribution in [0.5, 0.6) is 5.75 Å². The molecular formula is C18H16N4O6. The van der Waals surface area contributed by atoms with Gasteiger partial charge >= 0.3 is 5.69 Å².